The fourth-order valence-corrected chi connectivity index (χ4v) is 2.89. The van der Waals surface area contributed by atoms with E-state index in [9.17, 15) is 9.90 Å². The molecular weight excluding hydrogens is 314 g/mol. The second-order valence-corrected chi connectivity index (χ2v) is 5.67. The van der Waals surface area contributed by atoms with Gasteiger partial charge in [-0.2, -0.15) is 5.10 Å². The van der Waals surface area contributed by atoms with Gasteiger partial charge in [0.15, 0.2) is 0 Å². The van der Waals surface area contributed by atoms with E-state index in [1.165, 1.54) is 6.21 Å². The number of phenolic OH excluding ortho intramolecular Hbond substituents is 1. The van der Waals surface area contributed by atoms with Gasteiger partial charge < -0.3 is 10.1 Å². The van der Waals surface area contributed by atoms with Crippen LogP contribution in [-0.4, -0.2) is 22.2 Å². The van der Waals surface area contributed by atoms with Crippen LogP contribution >= 0.6 is 0 Å². The van der Waals surface area contributed by atoms with Gasteiger partial charge in [-0.25, -0.2) is 5.43 Å². The van der Waals surface area contributed by atoms with Crippen LogP contribution in [0.2, 0.25) is 0 Å². The summed E-state index contributed by atoms with van der Waals surface area (Å²) in [6.45, 7) is 0. The third-order valence-electron chi connectivity index (χ3n) is 4.14. The Balaban J connectivity index is 1.61. The fraction of sp³-hybridized carbons (Fsp3) is 0. The van der Waals surface area contributed by atoms with Crippen LogP contribution in [0.5, 0.6) is 5.75 Å². The SMILES string of the molecule is O=C(N/N=C\c1c(O)ccc2ccccc12)c1c[nH]c2ccccc12. The first-order chi connectivity index (χ1) is 12.2. The number of carbonyl (C=O) groups excluding carboxylic acids is 1. The Bertz CT molecular complexity index is 1110. The minimum absolute atomic E-state index is 0.115. The van der Waals surface area contributed by atoms with Gasteiger partial charge in [-0.15, -0.1) is 0 Å². The van der Waals surface area contributed by atoms with Gasteiger partial charge in [0.2, 0.25) is 0 Å². The van der Waals surface area contributed by atoms with Gasteiger partial charge in [0.1, 0.15) is 5.75 Å². The Morgan fingerprint density at radius 2 is 1.76 bits per heavy atom. The molecule has 4 rings (SSSR count). The molecule has 1 amide bonds. The lowest BCUT2D eigenvalue weighted by Crippen LogP contribution is -2.17. The molecule has 4 aromatic rings. The van der Waals surface area contributed by atoms with Gasteiger partial charge in [0.25, 0.3) is 5.91 Å². The van der Waals surface area contributed by atoms with Crippen LogP contribution in [0.1, 0.15) is 15.9 Å². The highest BCUT2D eigenvalue weighted by Crippen LogP contribution is 2.25. The molecule has 25 heavy (non-hydrogen) atoms. The lowest BCUT2D eigenvalue weighted by atomic mass is 10.0. The number of aromatic amines is 1. The second-order valence-electron chi connectivity index (χ2n) is 5.67. The summed E-state index contributed by atoms with van der Waals surface area (Å²) in [6.07, 6.45) is 3.12. The molecule has 0 unspecified atom stereocenters. The van der Waals surface area contributed by atoms with Crippen molar-refractivity contribution in [3.63, 3.8) is 0 Å². The highest BCUT2D eigenvalue weighted by Gasteiger charge is 2.11. The van der Waals surface area contributed by atoms with Crippen molar-refractivity contribution in [1.29, 1.82) is 0 Å². The van der Waals surface area contributed by atoms with E-state index in [4.69, 9.17) is 0 Å². The van der Waals surface area contributed by atoms with Crippen LogP contribution in [0, 0.1) is 0 Å². The van der Waals surface area contributed by atoms with Gasteiger partial charge in [0, 0.05) is 22.7 Å². The predicted octanol–water partition coefficient (Wildman–Crippen LogP) is 3.79. The number of fused-ring (bicyclic) bond motifs is 2. The molecule has 0 aliphatic heterocycles. The molecule has 5 heteroatoms. The van der Waals surface area contributed by atoms with Crippen molar-refractivity contribution >= 4 is 33.8 Å². The van der Waals surface area contributed by atoms with Crippen LogP contribution < -0.4 is 5.43 Å². The molecule has 122 valence electrons. The third kappa shape index (κ3) is 2.72. The number of phenols is 1. The Hall–Kier alpha value is -3.60. The first-order valence-electron chi connectivity index (χ1n) is 7.84. The summed E-state index contributed by atoms with van der Waals surface area (Å²) in [5.41, 5.74) is 4.50. The number of H-pyrrole nitrogens is 1. The van der Waals surface area contributed by atoms with E-state index in [1.54, 1.807) is 12.3 Å². The number of benzene rings is 3. The molecule has 0 atom stereocenters. The number of hydrazone groups is 1. The molecule has 3 N–H and O–H groups in total. The molecule has 0 spiro atoms. The van der Waals surface area contributed by atoms with Crippen molar-refractivity contribution in [3.05, 3.63) is 78.0 Å². The first-order valence-corrected chi connectivity index (χ1v) is 7.84. The van der Waals surface area contributed by atoms with Crippen molar-refractivity contribution in [3.8, 4) is 5.75 Å². The summed E-state index contributed by atoms with van der Waals surface area (Å²) in [6, 6.07) is 18.7. The summed E-state index contributed by atoms with van der Waals surface area (Å²) in [5.74, 6) is -0.197. The molecule has 0 bridgehead atoms. The van der Waals surface area contributed by atoms with Crippen LogP contribution in [-0.2, 0) is 0 Å². The number of amides is 1. The van der Waals surface area contributed by atoms with Crippen molar-refractivity contribution < 1.29 is 9.90 Å². The monoisotopic (exact) mass is 329 g/mol. The second kappa shape index (κ2) is 6.13. The Labute approximate surface area is 143 Å². The van der Waals surface area contributed by atoms with Gasteiger partial charge in [0.05, 0.1) is 11.8 Å². The van der Waals surface area contributed by atoms with Crippen LogP contribution in [0.3, 0.4) is 0 Å². The molecule has 3 aromatic carbocycles. The van der Waals surface area contributed by atoms with E-state index in [-0.39, 0.29) is 11.7 Å². The molecule has 0 aliphatic rings. The number of carbonyl (C=O) groups is 1. The van der Waals surface area contributed by atoms with Gasteiger partial charge in [-0.05, 0) is 22.9 Å². The Morgan fingerprint density at radius 1 is 1.00 bits per heavy atom. The van der Waals surface area contributed by atoms with Crippen LogP contribution in [0.4, 0.5) is 0 Å². The summed E-state index contributed by atoms with van der Waals surface area (Å²) >= 11 is 0. The minimum atomic E-state index is -0.312. The summed E-state index contributed by atoms with van der Waals surface area (Å²) in [7, 11) is 0. The molecule has 0 fully saturated rings. The molecule has 5 nitrogen and oxygen atoms in total. The largest absolute Gasteiger partial charge is 0.507 e. The number of rotatable bonds is 3. The zero-order valence-corrected chi connectivity index (χ0v) is 13.2. The number of para-hydroxylation sites is 1. The molecule has 0 radical (unpaired) electrons. The number of nitrogens with one attached hydrogen (secondary N) is 2. The van der Waals surface area contributed by atoms with Crippen molar-refractivity contribution in [1.82, 2.24) is 10.4 Å². The summed E-state index contributed by atoms with van der Waals surface area (Å²) in [4.78, 5) is 15.4. The van der Waals surface area contributed by atoms with E-state index in [1.807, 2.05) is 54.6 Å². The van der Waals surface area contributed by atoms with E-state index in [2.05, 4.69) is 15.5 Å². The minimum Gasteiger partial charge on any atom is -0.507 e. The van der Waals surface area contributed by atoms with Crippen molar-refractivity contribution in [2.24, 2.45) is 5.10 Å². The number of nitrogens with zero attached hydrogens (tertiary/aromatic N) is 1. The highest BCUT2D eigenvalue weighted by atomic mass is 16.3. The van der Waals surface area contributed by atoms with E-state index in [0.29, 0.717) is 11.1 Å². The zero-order valence-electron chi connectivity index (χ0n) is 13.2. The normalized spacial score (nSPS) is 11.4. The van der Waals surface area contributed by atoms with Crippen LogP contribution in [0.25, 0.3) is 21.7 Å². The van der Waals surface area contributed by atoms with E-state index >= 15 is 0 Å². The summed E-state index contributed by atoms with van der Waals surface area (Å²) < 4.78 is 0. The lowest BCUT2D eigenvalue weighted by molar-refractivity contribution is 0.0957. The maximum absolute atomic E-state index is 12.4. The molecule has 0 saturated carbocycles. The first kappa shape index (κ1) is 15.0. The van der Waals surface area contributed by atoms with E-state index < -0.39 is 0 Å². The van der Waals surface area contributed by atoms with Gasteiger partial charge in [-0.3, -0.25) is 4.79 Å². The molecule has 0 saturated heterocycles. The zero-order chi connectivity index (χ0) is 17.2. The molecule has 1 aromatic heterocycles. The summed E-state index contributed by atoms with van der Waals surface area (Å²) in [5, 5.41) is 16.8. The van der Waals surface area contributed by atoms with Crippen molar-refractivity contribution in [2.75, 3.05) is 0 Å². The third-order valence-corrected chi connectivity index (χ3v) is 4.14. The highest BCUT2D eigenvalue weighted by molar-refractivity contribution is 6.07. The number of aromatic nitrogens is 1. The number of hydrogen-bond donors (Lipinski definition) is 3. The van der Waals surface area contributed by atoms with Crippen LogP contribution in [0.15, 0.2) is 72.0 Å². The maximum atomic E-state index is 12.4. The number of hydrogen-bond acceptors (Lipinski definition) is 3. The predicted molar refractivity (Wildman–Crippen MR) is 99.0 cm³/mol. The Kier molecular flexibility index (Phi) is 3.67. The number of aromatic hydroxyl groups is 1. The maximum Gasteiger partial charge on any atom is 0.273 e. The molecule has 0 aliphatic carbocycles. The standard InChI is InChI=1S/C20H15N3O2/c24-19-10-9-13-5-1-2-6-14(13)16(19)12-22-23-20(25)17-11-21-18-8-4-3-7-15(17)18/h1-12,21,24H,(H,23,25)/b22-12-. The Morgan fingerprint density at radius 3 is 2.64 bits per heavy atom. The molecular formula is C20H15N3O2. The average molecular weight is 329 g/mol. The fourth-order valence-electron chi connectivity index (χ4n) is 2.89. The van der Waals surface area contributed by atoms with E-state index in [0.717, 1.165) is 21.7 Å². The lowest BCUT2D eigenvalue weighted by Gasteiger charge is -2.04. The average Bonchev–Trinajstić information content (AvgIpc) is 3.07. The van der Waals surface area contributed by atoms with Gasteiger partial charge >= 0.3 is 0 Å². The topological polar surface area (TPSA) is 77.5 Å². The molecule has 1 heterocycles. The quantitative estimate of drug-likeness (QED) is 0.395. The van der Waals surface area contributed by atoms with Gasteiger partial charge in [-0.1, -0.05) is 48.5 Å². The van der Waals surface area contributed by atoms with Crippen molar-refractivity contribution in [2.45, 2.75) is 0 Å². The smallest absolute Gasteiger partial charge is 0.273 e.